The van der Waals surface area contributed by atoms with Gasteiger partial charge in [-0.1, -0.05) is 78.2 Å². The number of carbonyl (C=O) groups is 1. The van der Waals surface area contributed by atoms with Crippen molar-refractivity contribution in [1.82, 2.24) is 0 Å². The van der Waals surface area contributed by atoms with Crippen LogP contribution in [-0.4, -0.2) is 33.8 Å². The Kier molecular flexibility index (Phi) is 13.7. The summed E-state index contributed by atoms with van der Waals surface area (Å²) in [6, 6.07) is 0. The molecule has 0 aromatic rings. The van der Waals surface area contributed by atoms with E-state index in [1.807, 2.05) is 0 Å². The van der Waals surface area contributed by atoms with Gasteiger partial charge in [-0.3, -0.25) is 4.79 Å². The lowest BCUT2D eigenvalue weighted by molar-refractivity contribution is -0.137. The van der Waals surface area contributed by atoms with Crippen LogP contribution in [0.25, 0.3) is 0 Å². The van der Waals surface area contributed by atoms with Gasteiger partial charge in [0, 0.05) is 12.3 Å². The molecule has 0 aromatic carbocycles. The van der Waals surface area contributed by atoms with Crippen LogP contribution >= 0.6 is 0 Å². The zero-order valence-electron chi connectivity index (χ0n) is 30.4. The first-order chi connectivity index (χ1) is 19.6. The summed E-state index contributed by atoms with van der Waals surface area (Å²) in [5.74, 6) is 2.45. The van der Waals surface area contributed by atoms with Gasteiger partial charge in [0.05, 0.1) is 11.9 Å². The maximum atomic E-state index is 11.0. The minimum atomic E-state index is -2.07. The van der Waals surface area contributed by atoms with Crippen LogP contribution in [0.2, 0.25) is 36.3 Å². The van der Waals surface area contributed by atoms with Gasteiger partial charge in [0.25, 0.3) is 0 Å². The maximum absolute atomic E-state index is 11.0. The highest BCUT2D eigenvalue weighted by atomic mass is 28.4. The highest BCUT2D eigenvalue weighted by Crippen LogP contribution is 2.54. The molecule has 0 bridgehead atoms. The van der Waals surface area contributed by atoms with Crippen molar-refractivity contribution in [3.05, 3.63) is 35.1 Å². The Balaban J connectivity index is 2.41. The second kappa shape index (κ2) is 15.4. The molecule has 0 radical (unpaired) electrons. The Labute approximate surface area is 268 Å². The number of unbranched alkanes of at least 4 members (excludes halogenated alkanes) is 2. The molecule has 5 atom stereocenters. The van der Waals surface area contributed by atoms with Gasteiger partial charge in [-0.2, -0.15) is 0 Å². The number of allylic oxidation sites excluding steroid dienone is 5. The number of rotatable bonds is 16. The Hall–Kier alpha value is -1.12. The first-order valence-electron chi connectivity index (χ1n) is 17.3. The van der Waals surface area contributed by atoms with Gasteiger partial charge < -0.3 is 14.0 Å². The molecule has 248 valence electrons. The van der Waals surface area contributed by atoms with Crippen molar-refractivity contribution in [2.75, 3.05) is 0 Å². The molecule has 2 rings (SSSR count). The molecule has 0 saturated heterocycles. The highest BCUT2D eigenvalue weighted by Gasteiger charge is 2.52. The summed E-state index contributed by atoms with van der Waals surface area (Å²) in [7, 11) is -4.05. The lowest BCUT2D eigenvalue weighted by atomic mass is 9.86. The topological polar surface area (TPSA) is 55.8 Å². The van der Waals surface area contributed by atoms with Crippen molar-refractivity contribution in [1.29, 1.82) is 0 Å². The number of carboxylic acids is 1. The van der Waals surface area contributed by atoms with Crippen molar-refractivity contribution in [3.8, 4) is 0 Å². The van der Waals surface area contributed by atoms with Gasteiger partial charge in [0.1, 0.15) is 0 Å². The molecule has 6 heteroatoms. The Morgan fingerprint density at radius 3 is 2.19 bits per heavy atom. The lowest BCUT2D eigenvalue weighted by Crippen LogP contribution is -2.47. The van der Waals surface area contributed by atoms with Gasteiger partial charge >= 0.3 is 5.97 Å². The van der Waals surface area contributed by atoms with Gasteiger partial charge in [-0.15, -0.1) is 0 Å². The molecule has 1 N–H and O–H groups in total. The number of carboxylic acid groups (broad SMARTS) is 1. The van der Waals surface area contributed by atoms with E-state index >= 15 is 0 Å². The number of hydrogen-bond donors (Lipinski definition) is 1. The SMILES string of the molecule is CC(C)=CCCCC(C)CC=C(O[Si](C)(C)C(C)(C)C)[C@@H]1[C@@H]2CC(CCCCC(=O)O)=C[C@@H]2C[C@H]1O[Si](C)(C)C(C)(C)C. The van der Waals surface area contributed by atoms with Crippen LogP contribution in [0.1, 0.15) is 127 Å². The molecule has 0 aromatic heterocycles. The van der Waals surface area contributed by atoms with Crippen LogP contribution in [-0.2, 0) is 13.6 Å². The summed E-state index contributed by atoms with van der Waals surface area (Å²) in [5, 5.41) is 9.37. The van der Waals surface area contributed by atoms with Crippen molar-refractivity contribution >= 4 is 22.6 Å². The molecular weight excluding hydrogens is 565 g/mol. The molecular formula is C37H68O4Si2. The molecule has 4 nitrogen and oxygen atoms in total. The Bertz CT molecular complexity index is 1000. The molecule has 0 spiro atoms. The standard InChI is InChI=1S/C37H68O4Si2/c1-27(2)18-14-15-19-28(3)22-23-32(40-42(10,11)36(4,5)6)35-31-25-29(20-16-17-21-34(38)39)24-30(31)26-33(35)41-43(12,13)37(7,8)9/h18,23-24,28,30-31,33,35H,14-17,19-22,25-26H2,1-13H3,(H,38,39)/t28?,30-,31-,33-,35+/m1/s1. The number of hydrogen-bond acceptors (Lipinski definition) is 3. The first kappa shape index (κ1) is 38.1. The molecule has 2 aliphatic rings. The summed E-state index contributed by atoms with van der Waals surface area (Å²) in [4.78, 5) is 11.0. The zero-order valence-corrected chi connectivity index (χ0v) is 32.4. The maximum Gasteiger partial charge on any atom is 0.303 e. The largest absolute Gasteiger partial charge is 0.546 e. The lowest BCUT2D eigenvalue weighted by Gasteiger charge is -2.43. The number of aliphatic carboxylic acids is 1. The van der Waals surface area contributed by atoms with Crippen molar-refractivity contribution < 1.29 is 18.8 Å². The minimum absolute atomic E-state index is 0.124. The van der Waals surface area contributed by atoms with E-state index in [9.17, 15) is 4.79 Å². The quantitative estimate of drug-likeness (QED) is 0.0796. The average Bonchev–Trinajstić information content (AvgIpc) is 3.37. The van der Waals surface area contributed by atoms with E-state index in [4.69, 9.17) is 14.0 Å². The van der Waals surface area contributed by atoms with Gasteiger partial charge in [-0.25, -0.2) is 0 Å². The summed E-state index contributed by atoms with van der Waals surface area (Å²) >= 11 is 0. The fourth-order valence-electron chi connectivity index (χ4n) is 6.15. The third-order valence-corrected chi connectivity index (χ3v) is 19.8. The Morgan fingerprint density at radius 1 is 1.00 bits per heavy atom. The second-order valence-electron chi connectivity index (χ2n) is 17.2. The smallest absolute Gasteiger partial charge is 0.303 e. The predicted molar refractivity (Wildman–Crippen MR) is 189 cm³/mol. The Morgan fingerprint density at radius 2 is 1.63 bits per heavy atom. The predicted octanol–water partition coefficient (Wildman–Crippen LogP) is 11.7. The molecule has 2 aliphatic carbocycles. The molecule has 0 heterocycles. The van der Waals surface area contributed by atoms with Crippen LogP contribution in [0, 0.1) is 23.7 Å². The van der Waals surface area contributed by atoms with E-state index in [2.05, 4.69) is 107 Å². The fraction of sp³-hybridized carbons (Fsp3) is 0.811. The van der Waals surface area contributed by atoms with Crippen molar-refractivity contribution in [2.24, 2.45) is 23.7 Å². The van der Waals surface area contributed by atoms with Crippen LogP contribution in [0.15, 0.2) is 35.1 Å². The van der Waals surface area contributed by atoms with E-state index in [0.29, 0.717) is 17.8 Å². The highest BCUT2D eigenvalue weighted by molar-refractivity contribution is 6.74. The molecule has 0 amide bonds. The first-order valence-corrected chi connectivity index (χ1v) is 23.1. The van der Waals surface area contributed by atoms with E-state index < -0.39 is 22.6 Å². The normalized spacial score (nSPS) is 24.0. The number of fused-ring (bicyclic) bond motifs is 1. The monoisotopic (exact) mass is 632 g/mol. The van der Waals surface area contributed by atoms with Crippen molar-refractivity contribution in [3.63, 3.8) is 0 Å². The third kappa shape index (κ3) is 11.3. The minimum Gasteiger partial charge on any atom is -0.546 e. The van der Waals surface area contributed by atoms with Gasteiger partial charge in [0.15, 0.2) is 8.32 Å². The van der Waals surface area contributed by atoms with Crippen molar-refractivity contribution in [2.45, 2.75) is 169 Å². The summed E-state index contributed by atoms with van der Waals surface area (Å²) in [5.41, 5.74) is 2.93. The molecule has 1 unspecified atom stereocenters. The summed E-state index contributed by atoms with van der Waals surface area (Å²) in [6.45, 7) is 30.4. The summed E-state index contributed by atoms with van der Waals surface area (Å²) < 4.78 is 14.6. The van der Waals surface area contributed by atoms with Crippen LogP contribution in [0.3, 0.4) is 0 Å². The molecule has 1 fully saturated rings. The summed E-state index contributed by atoms with van der Waals surface area (Å²) in [6.07, 6.45) is 17.4. The van der Waals surface area contributed by atoms with Crippen LogP contribution in [0.4, 0.5) is 0 Å². The average molecular weight is 633 g/mol. The van der Waals surface area contributed by atoms with Crippen LogP contribution < -0.4 is 0 Å². The molecule has 43 heavy (non-hydrogen) atoms. The molecule has 0 aliphatic heterocycles. The molecule has 1 saturated carbocycles. The van der Waals surface area contributed by atoms with E-state index in [1.165, 1.54) is 36.2 Å². The fourth-order valence-corrected chi connectivity index (χ4v) is 8.61. The van der Waals surface area contributed by atoms with E-state index in [-0.39, 0.29) is 28.5 Å². The zero-order chi connectivity index (χ0) is 32.8. The van der Waals surface area contributed by atoms with Gasteiger partial charge in [-0.05, 0) is 125 Å². The van der Waals surface area contributed by atoms with E-state index in [0.717, 1.165) is 38.5 Å². The second-order valence-corrected chi connectivity index (χ2v) is 26.6. The van der Waals surface area contributed by atoms with Gasteiger partial charge in [0.2, 0.25) is 8.32 Å². The van der Waals surface area contributed by atoms with E-state index in [1.54, 1.807) is 0 Å². The third-order valence-electron chi connectivity index (χ3n) is 10.9. The van der Waals surface area contributed by atoms with Crippen LogP contribution in [0.5, 0.6) is 0 Å².